The summed E-state index contributed by atoms with van der Waals surface area (Å²) >= 11 is 0. The molecule has 0 saturated carbocycles. The number of nitrogens with zero attached hydrogens (tertiary/aromatic N) is 3. The van der Waals surface area contributed by atoms with E-state index in [9.17, 15) is 0 Å². The first-order chi connectivity index (χ1) is 8.70. The van der Waals surface area contributed by atoms with Gasteiger partial charge >= 0.3 is 0 Å². The Morgan fingerprint density at radius 2 is 2.11 bits per heavy atom. The Balaban J connectivity index is 2.10. The molecule has 0 aliphatic carbocycles. The van der Waals surface area contributed by atoms with Crippen molar-refractivity contribution >= 4 is 11.9 Å². The van der Waals surface area contributed by atoms with Crippen LogP contribution in [0.5, 0.6) is 5.75 Å². The van der Waals surface area contributed by atoms with Crippen molar-refractivity contribution in [2.24, 2.45) is 4.99 Å². The quantitative estimate of drug-likeness (QED) is 0.774. The highest BCUT2D eigenvalue weighted by molar-refractivity contribution is 5.66. The van der Waals surface area contributed by atoms with Crippen LogP contribution in [0.2, 0.25) is 0 Å². The standard InChI is InChI=1S/C14H17N3O/c1-11-10-17(12(2)16-11)9-8-15-13-6-4-5-7-14(13)18-3/h4-8,10H,9H2,1-3H3. The van der Waals surface area contributed by atoms with Gasteiger partial charge in [0.15, 0.2) is 0 Å². The highest BCUT2D eigenvalue weighted by atomic mass is 16.5. The van der Waals surface area contributed by atoms with Crippen LogP contribution < -0.4 is 4.74 Å². The lowest BCUT2D eigenvalue weighted by Crippen LogP contribution is -1.99. The van der Waals surface area contributed by atoms with Gasteiger partial charge in [-0.25, -0.2) is 4.98 Å². The van der Waals surface area contributed by atoms with Crippen molar-refractivity contribution in [1.82, 2.24) is 9.55 Å². The first kappa shape index (κ1) is 12.4. The summed E-state index contributed by atoms with van der Waals surface area (Å²) in [5.74, 6) is 1.78. The summed E-state index contributed by atoms with van der Waals surface area (Å²) < 4.78 is 7.31. The number of benzene rings is 1. The summed E-state index contributed by atoms with van der Waals surface area (Å²) in [6, 6.07) is 7.71. The van der Waals surface area contributed by atoms with E-state index in [4.69, 9.17) is 4.74 Å². The zero-order valence-electron chi connectivity index (χ0n) is 10.9. The van der Waals surface area contributed by atoms with Crippen molar-refractivity contribution in [2.45, 2.75) is 20.4 Å². The van der Waals surface area contributed by atoms with Crippen LogP contribution in [-0.2, 0) is 6.54 Å². The maximum Gasteiger partial charge on any atom is 0.144 e. The smallest absolute Gasteiger partial charge is 0.144 e. The Morgan fingerprint density at radius 3 is 2.78 bits per heavy atom. The topological polar surface area (TPSA) is 39.4 Å². The van der Waals surface area contributed by atoms with Gasteiger partial charge < -0.3 is 9.30 Å². The highest BCUT2D eigenvalue weighted by Gasteiger charge is 1.99. The van der Waals surface area contributed by atoms with E-state index in [-0.39, 0.29) is 0 Å². The number of ether oxygens (including phenoxy) is 1. The van der Waals surface area contributed by atoms with Crippen molar-refractivity contribution in [1.29, 1.82) is 0 Å². The molecule has 2 rings (SSSR count). The van der Waals surface area contributed by atoms with Crippen molar-refractivity contribution in [3.8, 4) is 5.75 Å². The molecule has 94 valence electrons. The normalized spacial score (nSPS) is 11.1. The minimum absolute atomic E-state index is 0.713. The first-order valence-corrected chi connectivity index (χ1v) is 5.86. The summed E-state index contributed by atoms with van der Waals surface area (Å²) in [4.78, 5) is 8.77. The van der Waals surface area contributed by atoms with E-state index in [1.165, 1.54) is 0 Å². The lowest BCUT2D eigenvalue weighted by atomic mass is 10.3. The SMILES string of the molecule is COc1ccccc1N=CCn1cc(C)nc1C. The predicted octanol–water partition coefficient (Wildman–Crippen LogP) is 2.91. The van der Waals surface area contributed by atoms with Crippen LogP contribution in [0.25, 0.3) is 0 Å². The zero-order valence-corrected chi connectivity index (χ0v) is 10.9. The third-order valence-electron chi connectivity index (χ3n) is 2.69. The van der Waals surface area contributed by atoms with Gasteiger partial charge in [-0.1, -0.05) is 12.1 Å². The van der Waals surface area contributed by atoms with E-state index < -0.39 is 0 Å². The predicted molar refractivity (Wildman–Crippen MR) is 72.8 cm³/mol. The van der Waals surface area contributed by atoms with Crippen molar-refractivity contribution < 1.29 is 4.74 Å². The Morgan fingerprint density at radius 1 is 1.33 bits per heavy atom. The molecule has 0 saturated heterocycles. The molecule has 1 aromatic heterocycles. The fourth-order valence-electron chi connectivity index (χ4n) is 1.82. The van der Waals surface area contributed by atoms with Crippen LogP contribution >= 0.6 is 0 Å². The van der Waals surface area contributed by atoms with E-state index in [1.807, 2.05) is 50.5 Å². The first-order valence-electron chi connectivity index (χ1n) is 5.86. The zero-order chi connectivity index (χ0) is 13.0. The number of aliphatic imine (C=N–C) groups is 1. The van der Waals surface area contributed by atoms with E-state index >= 15 is 0 Å². The van der Waals surface area contributed by atoms with Gasteiger partial charge in [-0.05, 0) is 26.0 Å². The fourth-order valence-corrected chi connectivity index (χ4v) is 1.82. The average molecular weight is 243 g/mol. The molecule has 0 aliphatic rings. The molecule has 4 nitrogen and oxygen atoms in total. The molecule has 0 radical (unpaired) electrons. The Kier molecular flexibility index (Phi) is 3.77. The van der Waals surface area contributed by atoms with Crippen LogP contribution in [0.3, 0.4) is 0 Å². The number of hydrogen-bond acceptors (Lipinski definition) is 3. The molecule has 0 amide bonds. The molecule has 0 spiro atoms. The monoisotopic (exact) mass is 243 g/mol. The molecule has 0 unspecified atom stereocenters. The molecule has 0 atom stereocenters. The molecule has 18 heavy (non-hydrogen) atoms. The molecular weight excluding hydrogens is 226 g/mol. The Labute approximate surface area is 107 Å². The average Bonchev–Trinajstić information content (AvgIpc) is 2.68. The van der Waals surface area contributed by atoms with E-state index in [2.05, 4.69) is 14.5 Å². The van der Waals surface area contributed by atoms with Crippen LogP contribution in [-0.4, -0.2) is 22.9 Å². The molecule has 2 aromatic rings. The number of rotatable bonds is 4. The van der Waals surface area contributed by atoms with Crippen LogP contribution in [0.1, 0.15) is 11.5 Å². The lowest BCUT2D eigenvalue weighted by molar-refractivity contribution is 0.416. The van der Waals surface area contributed by atoms with Gasteiger partial charge in [-0.2, -0.15) is 0 Å². The number of methoxy groups -OCH3 is 1. The number of imidazole rings is 1. The second-order valence-electron chi connectivity index (χ2n) is 4.07. The summed E-state index contributed by atoms with van der Waals surface area (Å²) in [6.07, 6.45) is 3.88. The number of para-hydroxylation sites is 2. The van der Waals surface area contributed by atoms with Crippen molar-refractivity contribution in [3.05, 3.63) is 42.0 Å². The highest BCUT2D eigenvalue weighted by Crippen LogP contribution is 2.25. The summed E-state index contributed by atoms with van der Waals surface area (Å²) in [7, 11) is 1.65. The van der Waals surface area contributed by atoms with Crippen LogP contribution in [0, 0.1) is 13.8 Å². The van der Waals surface area contributed by atoms with E-state index in [0.29, 0.717) is 6.54 Å². The summed E-state index contributed by atoms with van der Waals surface area (Å²) in [5, 5.41) is 0. The van der Waals surface area contributed by atoms with Crippen molar-refractivity contribution in [2.75, 3.05) is 7.11 Å². The number of hydrogen-bond donors (Lipinski definition) is 0. The van der Waals surface area contributed by atoms with Gasteiger partial charge in [0, 0.05) is 12.4 Å². The molecule has 0 N–H and O–H groups in total. The molecule has 0 bridgehead atoms. The van der Waals surface area contributed by atoms with Crippen LogP contribution in [0.4, 0.5) is 5.69 Å². The molecule has 0 fully saturated rings. The van der Waals surface area contributed by atoms with Gasteiger partial charge in [0.25, 0.3) is 0 Å². The van der Waals surface area contributed by atoms with Gasteiger partial charge in [0.2, 0.25) is 0 Å². The van der Waals surface area contributed by atoms with Crippen molar-refractivity contribution in [3.63, 3.8) is 0 Å². The van der Waals surface area contributed by atoms with Gasteiger partial charge in [-0.15, -0.1) is 0 Å². The largest absolute Gasteiger partial charge is 0.494 e. The maximum absolute atomic E-state index is 5.24. The number of aromatic nitrogens is 2. The Bertz CT molecular complexity index is 558. The third-order valence-corrected chi connectivity index (χ3v) is 2.69. The van der Waals surface area contributed by atoms with E-state index in [1.54, 1.807) is 7.11 Å². The number of aryl methyl sites for hydroxylation is 2. The van der Waals surface area contributed by atoms with Crippen LogP contribution in [0.15, 0.2) is 35.5 Å². The Hall–Kier alpha value is -2.10. The molecule has 4 heteroatoms. The van der Waals surface area contributed by atoms with Gasteiger partial charge in [-0.3, -0.25) is 4.99 Å². The minimum atomic E-state index is 0.713. The fraction of sp³-hybridized carbons (Fsp3) is 0.286. The molecular formula is C14H17N3O. The van der Waals surface area contributed by atoms with E-state index in [0.717, 1.165) is 23.0 Å². The maximum atomic E-state index is 5.24. The lowest BCUT2D eigenvalue weighted by Gasteiger charge is -2.03. The molecule has 1 heterocycles. The van der Waals surface area contributed by atoms with Gasteiger partial charge in [0.1, 0.15) is 17.3 Å². The third kappa shape index (κ3) is 2.77. The minimum Gasteiger partial charge on any atom is -0.494 e. The second kappa shape index (κ2) is 5.49. The summed E-state index contributed by atoms with van der Waals surface area (Å²) in [5.41, 5.74) is 1.87. The second-order valence-corrected chi connectivity index (χ2v) is 4.07. The molecule has 0 aliphatic heterocycles. The molecule has 1 aromatic carbocycles. The summed E-state index contributed by atoms with van der Waals surface area (Å²) in [6.45, 7) is 4.69. The van der Waals surface area contributed by atoms with Gasteiger partial charge in [0.05, 0.1) is 19.3 Å².